The van der Waals surface area contributed by atoms with Crippen molar-refractivity contribution in [2.24, 2.45) is 0 Å². The van der Waals surface area contributed by atoms with Gasteiger partial charge in [-0.25, -0.2) is 0 Å². The summed E-state index contributed by atoms with van der Waals surface area (Å²) >= 11 is 11.3. The molecule has 0 saturated heterocycles. The maximum atomic E-state index is 2.27. The normalized spacial score (nSPS) is 10.7. The summed E-state index contributed by atoms with van der Waals surface area (Å²) in [7, 11) is 0. The zero-order valence-corrected chi connectivity index (χ0v) is 65.8. The van der Waals surface area contributed by atoms with Crippen molar-refractivity contribution in [2.45, 2.75) is 62.3 Å². The summed E-state index contributed by atoms with van der Waals surface area (Å²) in [5, 5.41) is 16.7. The van der Waals surface area contributed by atoms with Gasteiger partial charge < -0.3 is 0 Å². The van der Waals surface area contributed by atoms with Crippen LogP contribution >= 0.6 is 68.0 Å². The van der Waals surface area contributed by atoms with E-state index in [9.17, 15) is 0 Å². The van der Waals surface area contributed by atoms with E-state index in [4.69, 9.17) is 0 Å². The second-order valence-electron chi connectivity index (χ2n) is 26.5. The third kappa shape index (κ3) is 18.2. The van der Waals surface area contributed by atoms with Crippen molar-refractivity contribution in [2.75, 3.05) is 0 Å². The minimum atomic E-state index is 1.32. The lowest BCUT2D eigenvalue weighted by atomic mass is 10.1. The van der Waals surface area contributed by atoms with Gasteiger partial charge >= 0.3 is 0 Å². The van der Waals surface area contributed by atoms with Crippen LogP contribution in [0.4, 0.5) is 0 Å². The molecule has 0 radical (unpaired) electrons. The lowest BCUT2D eigenvalue weighted by Gasteiger charge is -1.95. The molecular formula is C99H84S6. The van der Waals surface area contributed by atoms with Crippen molar-refractivity contribution < 1.29 is 0 Å². The van der Waals surface area contributed by atoms with Crippen LogP contribution in [0.2, 0.25) is 0 Å². The molecule has 0 spiro atoms. The average molecular weight is 1470 g/mol. The quantitative estimate of drug-likeness (QED) is 0.142. The Hall–Kier alpha value is -10.4. The lowest BCUT2D eigenvalue weighted by Crippen LogP contribution is -1.72. The first-order valence-electron chi connectivity index (χ1n) is 35.6. The van der Waals surface area contributed by atoms with Crippen molar-refractivity contribution in [3.8, 4) is 0 Å². The van der Waals surface area contributed by atoms with Crippen LogP contribution in [0.3, 0.4) is 0 Å². The molecule has 15 aromatic carbocycles. The maximum Gasteiger partial charge on any atom is 0.0384 e. The molecule has 21 rings (SSSR count). The van der Waals surface area contributed by atoms with Crippen molar-refractivity contribution in [3.63, 3.8) is 0 Å². The fraction of sp³-hybridized carbons (Fsp3) is 0.0909. The Morgan fingerprint density at radius 1 is 0.143 bits per heavy atom. The van der Waals surface area contributed by atoms with Gasteiger partial charge in [0.25, 0.3) is 0 Å². The fourth-order valence-corrected chi connectivity index (χ4v) is 19.7. The molecule has 6 heteroatoms. The highest BCUT2D eigenvalue weighted by molar-refractivity contribution is 7.27. The largest absolute Gasteiger partial charge is 0.135 e. The first-order chi connectivity index (χ1) is 51.3. The van der Waals surface area contributed by atoms with E-state index in [1.807, 2.05) is 123 Å². The summed E-state index contributed by atoms with van der Waals surface area (Å²) in [6, 6.07) is 122. The molecule has 516 valence electrons. The first-order valence-corrected chi connectivity index (χ1v) is 40.5. The topological polar surface area (TPSA) is 0 Å². The fourth-order valence-electron chi connectivity index (χ4n) is 12.8. The molecule has 0 amide bonds. The van der Waals surface area contributed by atoms with Crippen LogP contribution in [0.5, 0.6) is 0 Å². The number of hydrogen-bond acceptors (Lipinski definition) is 6. The highest BCUT2D eigenvalue weighted by atomic mass is 32.1. The van der Waals surface area contributed by atoms with Gasteiger partial charge in [0.05, 0.1) is 0 Å². The van der Waals surface area contributed by atoms with Gasteiger partial charge in [0.1, 0.15) is 0 Å². The molecule has 0 aliphatic carbocycles. The molecule has 0 bridgehead atoms. The number of fused-ring (bicyclic) bond motifs is 18. The predicted molar refractivity (Wildman–Crippen MR) is 478 cm³/mol. The summed E-state index contributed by atoms with van der Waals surface area (Å²) in [5.41, 5.74) is 12.1. The van der Waals surface area contributed by atoms with Gasteiger partial charge in [-0.3, -0.25) is 0 Å². The van der Waals surface area contributed by atoms with E-state index < -0.39 is 0 Å². The highest BCUT2D eigenvalue weighted by Gasteiger charge is 2.10. The highest BCUT2D eigenvalue weighted by Crippen LogP contribution is 2.40. The van der Waals surface area contributed by atoms with E-state index >= 15 is 0 Å². The monoisotopic (exact) mass is 1460 g/mol. The number of thiophene rings is 6. The molecule has 0 N–H and O–H groups in total. The summed E-state index contributed by atoms with van der Waals surface area (Å²) in [5.74, 6) is 0. The molecule has 0 aliphatic rings. The molecule has 0 aliphatic heterocycles. The summed E-state index contributed by atoms with van der Waals surface area (Å²) in [6.07, 6.45) is 0. The van der Waals surface area contributed by atoms with Crippen molar-refractivity contribution in [1.29, 1.82) is 0 Å². The van der Waals surface area contributed by atoms with E-state index in [1.165, 1.54) is 171 Å². The molecule has 0 saturated carbocycles. The predicted octanol–water partition coefficient (Wildman–Crippen LogP) is 32.2. The van der Waals surface area contributed by atoms with E-state index in [0.717, 1.165) is 0 Å². The smallest absolute Gasteiger partial charge is 0.0384 e. The van der Waals surface area contributed by atoms with Crippen LogP contribution in [-0.4, -0.2) is 0 Å². The molecule has 6 heterocycles. The van der Waals surface area contributed by atoms with Crippen LogP contribution in [0.1, 0.15) is 50.1 Å². The molecule has 0 fully saturated rings. The molecule has 21 aromatic rings. The average Bonchev–Trinajstić information content (AvgIpc) is 1.70. The maximum absolute atomic E-state index is 2.27. The van der Waals surface area contributed by atoms with E-state index in [1.54, 1.807) is 0 Å². The number of hydrogen-bond donors (Lipinski definition) is 0. The summed E-state index contributed by atoms with van der Waals surface area (Å²) in [4.78, 5) is 0. The van der Waals surface area contributed by atoms with Crippen LogP contribution < -0.4 is 0 Å². The van der Waals surface area contributed by atoms with Crippen molar-refractivity contribution >= 4 is 189 Å². The Balaban J connectivity index is 0.000000106. The SMILES string of the molecule is Cc1ccc2c(c1)sc1ccccc12.Cc1ccc2c(c1)sc1ccccc12.Cc1ccc2sc3ccccc3c2c1.Cc1ccc2sc3ccccc3c2c1.Cc1cccc2c1sc1ccccc12.Cc1cccc2sc3ccccc3c12.Cc1ccccc1.Cc1ccccc1.Cc1ccccc1. The van der Waals surface area contributed by atoms with Gasteiger partial charge in [0.15, 0.2) is 0 Å². The number of aryl methyl sites for hydroxylation is 9. The van der Waals surface area contributed by atoms with E-state index in [-0.39, 0.29) is 0 Å². The van der Waals surface area contributed by atoms with Crippen LogP contribution in [-0.2, 0) is 0 Å². The Bertz CT molecular complexity index is 6050. The van der Waals surface area contributed by atoms with Crippen LogP contribution in [0, 0.1) is 62.3 Å². The minimum absolute atomic E-state index is 1.32. The van der Waals surface area contributed by atoms with Gasteiger partial charge in [-0.15, -0.1) is 68.0 Å². The zero-order chi connectivity index (χ0) is 72.6. The summed E-state index contributed by atoms with van der Waals surface area (Å²) < 4.78 is 16.7. The third-order valence-corrected chi connectivity index (χ3v) is 25.2. The number of benzene rings is 15. The van der Waals surface area contributed by atoms with E-state index in [2.05, 4.69) is 353 Å². The lowest BCUT2D eigenvalue weighted by molar-refractivity contribution is 1.48. The minimum Gasteiger partial charge on any atom is -0.135 e. The van der Waals surface area contributed by atoms with Crippen LogP contribution in [0.15, 0.2) is 346 Å². The van der Waals surface area contributed by atoms with Gasteiger partial charge in [-0.1, -0.05) is 295 Å². The second-order valence-corrected chi connectivity index (χ2v) is 32.9. The Kier molecular flexibility index (Phi) is 24.3. The van der Waals surface area contributed by atoms with Crippen LogP contribution in [0.25, 0.3) is 121 Å². The standard InChI is InChI=1S/6C13H10S.3C7H8/c1-9-5-4-7-11-10-6-2-3-8-12(10)14-13(9)11;1-9-5-4-8-12-13(9)10-6-2-3-7-11(10)14-12;2*1-9-6-7-13-11(8-9)10-4-2-3-5-12(10)14-13;2*1-9-6-7-11-10-4-2-3-5-12(10)14-13(11)8-9;3*1-7-5-3-2-4-6-7/h6*2-8H,1H3;3*2-6H,1H3. The second kappa shape index (κ2) is 34.9. The Morgan fingerprint density at radius 2 is 0.400 bits per heavy atom. The first kappa shape index (κ1) is 73.0. The van der Waals surface area contributed by atoms with Gasteiger partial charge in [0.2, 0.25) is 0 Å². The van der Waals surface area contributed by atoms with Crippen molar-refractivity contribution in [3.05, 3.63) is 396 Å². The molecule has 105 heavy (non-hydrogen) atoms. The van der Waals surface area contributed by atoms with Gasteiger partial charge in [-0.05, 0) is 163 Å². The summed E-state index contributed by atoms with van der Waals surface area (Å²) in [6.45, 7) is 19.2. The molecule has 6 aromatic heterocycles. The molecule has 0 atom stereocenters. The molecule has 0 unspecified atom stereocenters. The van der Waals surface area contributed by atoms with Gasteiger partial charge in [0, 0.05) is 121 Å². The van der Waals surface area contributed by atoms with Crippen molar-refractivity contribution in [1.82, 2.24) is 0 Å². The number of rotatable bonds is 0. The third-order valence-electron chi connectivity index (χ3n) is 18.2. The molecule has 0 nitrogen and oxygen atoms in total. The van der Waals surface area contributed by atoms with E-state index in [0.29, 0.717) is 0 Å². The molecular weight excluding hydrogens is 1380 g/mol. The Labute approximate surface area is 641 Å². The Morgan fingerprint density at radius 3 is 0.800 bits per heavy atom. The zero-order valence-electron chi connectivity index (χ0n) is 60.9. The van der Waals surface area contributed by atoms with Gasteiger partial charge in [-0.2, -0.15) is 0 Å².